The Hall–Kier alpha value is -2.34. The summed E-state index contributed by atoms with van der Waals surface area (Å²) in [4.78, 5) is 4.19. The van der Waals surface area contributed by atoms with Gasteiger partial charge in [-0.3, -0.25) is 4.99 Å². The highest BCUT2D eigenvalue weighted by atomic mass is 127. The molecule has 0 amide bonds. The van der Waals surface area contributed by atoms with Crippen molar-refractivity contribution in [2.24, 2.45) is 10.9 Å². The molecule has 1 fully saturated rings. The minimum atomic E-state index is -0.351. The molecule has 2 aromatic carbocycles. The lowest BCUT2D eigenvalue weighted by molar-refractivity contribution is 0.296. The van der Waals surface area contributed by atoms with Gasteiger partial charge in [0, 0.05) is 31.3 Å². The Morgan fingerprint density at radius 2 is 1.90 bits per heavy atom. The number of ether oxygens (including phenoxy) is 1. The van der Waals surface area contributed by atoms with Gasteiger partial charge in [-0.15, -0.1) is 24.0 Å². The lowest BCUT2D eigenvalue weighted by Gasteiger charge is -2.16. The Morgan fingerprint density at radius 3 is 2.55 bits per heavy atom. The van der Waals surface area contributed by atoms with Gasteiger partial charge in [-0.1, -0.05) is 12.1 Å². The number of guanidine groups is 1. The molecule has 0 saturated heterocycles. The van der Waals surface area contributed by atoms with E-state index < -0.39 is 0 Å². The minimum absolute atomic E-state index is 0. The molecule has 1 aliphatic carbocycles. The lowest BCUT2D eigenvalue weighted by Crippen LogP contribution is -2.36. The number of halogens is 2. The van der Waals surface area contributed by atoms with Crippen molar-refractivity contribution in [3.8, 4) is 11.8 Å². The van der Waals surface area contributed by atoms with Crippen LogP contribution in [0, 0.1) is 30.0 Å². The third-order valence-corrected chi connectivity index (χ3v) is 4.69. The van der Waals surface area contributed by atoms with Crippen molar-refractivity contribution >= 4 is 29.9 Å². The predicted molar refractivity (Wildman–Crippen MR) is 123 cm³/mol. The number of hydrogen-bond acceptors (Lipinski definition) is 3. The molecule has 0 bridgehead atoms. The molecule has 0 atom stereocenters. The fraction of sp³-hybridized carbons (Fsp3) is 0.364. The van der Waals surface area contributed by atoms with Crippen LogP contribution in [0.25, 0.3) is 0 Å². The van der Waals surface area contributed by atoms with Crippen LogP contribution in [-0.2, 0) is 13.1 Å². The van der Waals surface area contributed by atoms with Crippen LogP contribution in [0.2, 0.25) is 0 Å². The molecule has 0 heterocycles. The maximum atomic E-state index is 13.9. The van der Waals surface area contributed by atoms with Crippen molar-refractivity contribution in [2.45, 2.75) is 32.9 Å². The van der Waals surface area contributed by atoms with Crippen molar-refractivity contribution in [3.63, 3.8) is 0 Å². The van der Waals surface area contributed by atoms with Crippen LogP contribution >= 0.6 is 24.0 Å². The van der Waals surface area contributed by atoms with E-state index in [-0.39, 0.29) is 36.3 Å². The van der Waals surface area contributed by atoms with Crippen molar-refractivity contribution < 1.29 is 9.13 Å². The van der Waals surface area contributed by atoms with Crippen LogP contribution in [0.5, 0.6) is 5.75 Å². The number of benzene rings is 2. The summed E-state index contributed by atoms with van der Waals surface area (Å²) in [5, 5.41) is 15.3. The van der Waals surface area contributed by atoms with E-state index in [4.69, 9.17) is 10.00 Å². The van der Waals surface area contributed by atoms with Gasteiger partial charge >= 0.3 is 0 Å². The van der Waals surface area contributed by atoms with E-state index >= 15 is 0 Å². The first kappa shape index (κ1) is 22.9. The molecule has 29 heavy (non-hydrogen) atoms. The number of aliphatic imine (C=N–C) groups is 1. The largest absolute Gasteiger partial charge is 0.493 e. The van der Waals surface area contributed by atoms with Gasteiger partial charge in [-0.05, 0) is 55.5 Å². The zero-order valence-electron chi connectivity index (χ0n) is 16.7. The Kier molecular flexibility index (Phi) is 8.70. The quantitative estimate of drug-likeness (QED) is 0.333. The minimum Gasteiger partial charge on any atom is -0.493 e. The summed E-state index contributed by atoms with van der Waals surface area (Å²) in [6.45, 7) is 3.59. The van der Waals surface area contributed by atoms with Gasteiger partial charge in [0.25, 0.3) is 0 Å². The molecule has 0 aliphatic heterocycles. The maximum absolute atomic E-state index is 13.9. The highest BCUT2D eigenvalue weighted by Gasteiger charge is 2.22. The molecule has 1 saturated carbocycles. The molecular weight excluding hydrogens is 482 g/mol. The van der Waals surface area contributed by atoms with Gasteiger partial charge in [0.05, 0.1) is 18.2 Å². The van der Waals surface area contributed by atoms with E-state index in [9.17, 15) is 4.39 Å². The summed E-state index contributed by atoms with van der Waals surface area (Å²) in [6.07, 6.45) is 2.50. The average Bonchev–Trinajstić information content (AvgIpc) is 3.53. The number of rotatable bonds is 7. The van der Waals surface area contributed by atoms with E-state index in [2.05, 4.69) is 27.8 Å². The molecule has 0 unspecified atom stereocenters. The molecule has 0 radical (unpaired) electrons. The smallest absolute Gasteiger partial charge is 0.191 e. The Bertz CT molecular complexity index is 906. The Morgan fingerprint density at radius 1 is 1.17 bits per heavy atom. The number of nitrogens with zero attached hydrogens (tertiary/aromatic N) is 2. The summed E-state index contributed by atoms with van der Waals surface area (Å²) in [6, 6.07) is 12.5. The zero-order chi connectivity index (χ0) is 19.9. The number of aryl methyl sites for hydroxylation is 1. The summed E-state index contributed by atoms with van der Waals surface area (Å²) in [5.74, 6) is 1.78. The molecule has 7 heteroatoms. The molecule has 3 rings (SSSR count). The third kappa shape index (κ3) is 6.89. The maximum Gasteiger partial charge on any atom is 0.191 e. The molecule has 0 aromatic heterocycles. The molecule has 154 valence electrons. The first-order valence-corrected chi connectivity index (χ1v) is 9.44. The first-order valence-electron chi connectivity index (χ1n) is 9.44. The molecule has 2 N–H and O–H groups in total. The second-order valence-corrected chi connectivity index (χ2v) is 7.06. The summed E-state index contributed by atoms with van der Waals surface area (Å²) in [5.41, 5.74) is 3.06. The third-order valence-electron chi connectivity index (χ3n) is 4.69. The van der Waals surface area contributed by atoms with Crippen LogP contribution in [0.3, 0.4) is 0 Å². The number of nitriles is 1. The summed E-state index contributed by atoms with van der Waals surface area (Å²) in [7, 11) is 1.66. The van der Waals surface area contributed by atoms with E-state index in [0.29, 0.717) is 29.5 Å². The number of hydrogen-bond donors (Lipinski definition) is 2. The average molecular weight is 508 g/mol. The van der Waals surface area contributed by atoms with E-state index in [1.165, 1.54) is 25.0 Å². The van der Waals surface area contributed by atoms with Crippen LogP contribution in [0.4, 0.5) is 4.39 Å². The van der Waals surface area contributed by atoms with Crippen LogP contribution in [-0.4, -0.2) is 19.6 Å². The van der Waals surface area contributed by atoms with Gasteiger partial charge < -0.3 is 15.4 Å². The molecule has 5 nitrogen and oxygen atoms in total. The van der Waals surface area contributed by atoms with Gasteiger partial charge in [0.2, 0.25) is 0 Å². The molecule has 2 aromatic rings. The summed E-state index contributed by atoms with van der Waals surface area (Å²) < 4.78 is 19.9. The second kappa shape index (κ2) is 11.0. The van der Waals surface area contributed by atoms with Crippen molar-refractivity contribution in [1.29, 1.82) is 5.26 Å². The highest BCUT2D eigenvalue weighted by Crippen LogP contribution is 2.30. The zero-order valence-corrected chi connectivity index (χ0v) is 19.0. The van der Waals surface area contributed by atoms with Crippen LogP contribution in [0.1, 0.15) is 35.1 Å². The van der Waals surface area contributed by atoms with Crippen LogP contribution < -0.4 is 15.4 Å². The standard InChI is InChI=1S/C22H25FN4O.HI/c1-15-3-7-18(21(9-15)28-14-16-4-5-16)12-26-22(25-2)27-13-19-10-17(11-24)6-8-20(19)23;/h3,6-10,16H,4-5,12-14H2,1-2H3,(H2,25,26,27);1H. The fourth-order valence-corrected chi connectivity index (χ4v) is 2.79. The lowest BCUT2D eigenvalue weighted by atomic mass is 10.1. The molecule has 0 spiro atoms. The highest BCUT2D eigenvalue weighted by molar-refractivity contribution is 14.0. The van der Waals surface area contributed by atoms with Gasteiger partial charge in [-0.25, -0.2) is 4.39 Å². The number of nitrogens with one attached hydrogen (secondary N) is 2. The topological polar surface area (TPSA) is 69.4 Å². The van der Waals surface area contributed by atoms with Crippen LogP contribution in [0.15, 0.2) is 41.4 Å². The predicted octanol–water partition coefficient (Wildman–Crippen LogP) is 4.28. The van der Waals surface area contributed by atoms with Gasteiger partial charge in [0.15, 0.2) is 5.96 Å². The van der Waals surface area contributed by atoms with Gasteiger partial charge in [-0.2, -0.15) is 5.26 Å². The van der Waals surface area contributed by atoms with E-state index in [1.807, 2.05) is 19.1 Å². The Labute approximate surface area is 188 Å². The van der Waals surface area contributed by atoms with Crippen molar-refractivity contribution in [3.05, 3.63) is 64.5 Å². The molecule has 1 aliphatic rings. The Balaban J connectivity index is 0.00000300. The first-order chi connectivity index (χ1) is 13.6. The second-order valence-electron chi connectivity index (χ2n) is 7.06. The SMILES string of the molecule is CN=C(NCc1cc(C#N)ccc1F)NCc1ccc(C)cc1OCC1CC1.I. The van der Waals surface area contributed by atoms with Crippen molar-refractivity contribution in [1.82, 2.24) is 10.6 Å². The monoisotopic (exact) mass is 508 g/mol. The van der Waals surface area contributed by atoms with Gasteiger partial charge in [0.1, 0.15) is 11.6 Å². The fourth-order valence-electron chi connectivity index (χ4n) is 2.79. The van der Waals surface area contributed by atoms with Crippen molar-refractivity contribution in [2.75, 3.05) is 13.7 Å². The summed E-state index contributed by atoms with van der Waals surface area (Å²) >= 11 is 0. The van der Waals surface area contributed by atoms with E-state index in [0.717, 1.165) is 23.5 Å². The van der Waals surface area contributed by atoms with E-state index in [1.54, 1.807) is 13.1 Å². The normalized spacial score (nSPS) is 13.2. The molecular formula is C22H26FIN4O.